The highest BCUT2D eigenvalue weighted by Crippen LogP contribution is 2.19. The van der Waals surface area contributed by atoms with Gasteiger partial charge < -0.3 is 5.43 Å². The minimum absolute atomic E-state index is 0.489. The van der Waals surface area contributed by atoms with Gasteiger partial charge in [-0.15, -0.1) is 0 Å². The van der Waals surface area contributed by atoms with E-state index in [2.05, 4.69) is 20.8 Å². The molecule has 0 atom stereocenters. The number of aromatic nitrogens is 2. The van der Waals surface area contributed by atoms with Crippen LogP contribution in [0.2, 0.25) is 5.15 Å². The smallest absolute Gasteiger partial charge is 0.129 e. The van der Waals surface area contributed by atoms with E-state index in [1.54, 1.807) is 6.07 Å². The maximum absolute atomic E-state index is 5.85. The number of hydrogen-bond donors (Lipinski definition) is 2. The molecule has 0 aromatic carbocycles. The number of rotatable bonds is 1. The molecule has 1 aliphatic rings. The fourth-order valence-corrected chi connectivity index (χ4v) is 1.83. The van der Waals surface area contributed by atoms with E-state index in [1.165, 1.54) is 0 Å². The predicted octanol–water partition coefficient (Wildman–Crippen LogP) is 1.73. The molecular weight excluding hydrogens is 224 g/mol. The molecule has 0 saturated carbocycles. The van der Waals surface area contributed by atoms with Crippen molar-refractivity contribution >= 4 is 28.2 Å². The molecule has 2 aromatic rings. The molecule has 3 rings (SSSR count). The number of pyridine rings is 2. The van der Waals surface area contributed by atoms with Crippen molar-refractivity contribution in [3.63, 3.8) is 0 Å². The van der Waals surface area contributed by atoms with E-state index in [1.807, 2.05) is 24.5 Å². The molecule has 2 aromatic heterocycles. The Hall–Kier alpha value is -1.65. The van der Waals surface area contributed by atoms with Crippen molar-refractivity contribution in [1.82, 2.24) is 20.8 Å². The van der Waals surface area contributed by atoms with Crippen molar-refractivity contribution in [3.05, 3.63) is 41.3 Å². The van der Waals surface area contributed by atoms with Crippen LogP contribution in [0.5, 0.6) is 0 Å². The summed E-state index contributed by atoms with van der Waals surface area (Å²) >= 11 is 5.85. The predicted molar refractivity (Wildman–Crippen MR) is 63.7 cm³/mol. The Morgan fingerprint density at radius 1 is 1.25 bits per heavy atom. The average molecular weight is 233 g/mol. The van der Waals surface area contributed by atoms with Crippen LogP contribution in [0.15, 0.2) is 30.6 Å². The highest BCUT2D eigenvalue weighted by Gasteiger charge is 2.08. The summed E-state index contributed by atoms with van der Waals surface area (Å²) in [5.41, 5.74) is 9.85. The summed E-state index contributed by atoms with van der Waals surface area (Å²) in [4.78, 5) is 8.59. The van der Waals surface area contributed by atoms with Crippen LogP contribution in [0.1, 0.15) is 5.56 Å². The molecule has 0 fully saturated rings. The maximum Gasteiger partial charge on any atom is 0.129 e. The average Bonchev–Trinajstić information content (AvgIpc) is 2.81. The second-order valence-electron chi connectivity index (χ2n) is 3.56. The molecule has 0 aliphatic carbocycles. The van der Waals surface area contributed by atoms with Gasteiger partial charge in [-0.3, -0.25) is 4.98 Å². The minimum Gasteiger partial charge on any atom is -0.328 e. The number of halogens is 1. The molecule has 0 unspecified atom stereocenters. The fraction of sp³-hybridized carbons (Fsp3) is 0.0909. The lowest BCUT2D eigenvalue weighted by atomic mass is 10.1. The second-order valence-corrected chi connectivity index (χ2v) is 3.95. The lowest BCUT2D eigenvalue weighted by Crippen LogP contribution is -2.20. The van der Waals surface area contributed by atoms with Gasteiger partial charge in [-0.2, -0.15) is 0 Å². The quantitative estimate of drug-likeness (QED) is 0.736. The first kappa shape index (κ1) is 9.57. The van der Waals surface area contributed by atoms with Crippen LogP contribution in [0, 0.1) is 0 Å². The zero-order chi connectivity index (χ0) is 11.0. The molecule has 0 saturated heterocycles. The molecule has 4 nitrogen and oxygen atoms in total. The minimum atomic E-state index is 0.489. The van der Waals surface area contributed by atoms with Crippen molar-refractivity contribution in [1.29, 1.82) is 0 Å². The van der Waals surface area contributed by atoms with E-state index in [0.29, 0.717) is 5.15 Å². The molecule has 1 aliphatic heterocycles. The van der Waals surface area contributed by atoms with E-state index in [4.69, 9.17) is 11.6 Å². The second kappa shape index (κ2) is 3.73. The van der Waals surface area contributed by atoms with Crippen LogP contribution in [0.25, 0.3) is 16.6 Å². The van der Waals surface area contributed by atoms with Crippen molar-refractivity contribution < 1.29 is 0 Å². The first-order valence-electron chi connectivity index (χ1n) is 4.93. The summed E-state index contributed by atoms with van der Waals surface area (Å²) in [7, 11) is 0. The van der Waals surface area contributed by atoms with Gasteiger partial charge in [0.05, 0.1) is 11.0 Å². The van der Waals surface area contributed by atoms with E-state index in [-0.39, 0.29) is 0 Å². The number of nitrogens with one attached hydrogen (secondary N) is 2. The molecule has 2 N–H and O–H groups in total. The number of hydrogen-bond acceptors (Lipinski definition) is 4. The zero-order valence-corrected chi connectivity index (χ0v) is 9.12. The third kappa shape index (κ3) is 1.62. The standard InChI is InChI=1S/C11H9ClN4/c12-11-2-1-9-10(16-11)3-7(4-13-9)8-5-14-15-6-8/h1-5,14-15H,6H2. The summed E-state index contributed by atoms with van der Waals surface area (Å²) in [6.07, 6.45) is 3.77. The van der Waals surface area contributed by atoms with Crippen molar-refractivity contribution in [2.75, 3.05) is 6.54 Å². The monoisotopic (exact) mass is 232 g/mol. The van der Waals surface area contributed by atoms with Gasteiger partial charge in [0, 0.05) is 24.5 Å². The molecule has 5 heteroatoms. The lowest BCUT2D eigenvalue weighted by molar-refractivity contribution is 0.729. The first-order valence-corrected chi connectivity index (χ1v) is 5.31. The summed E-state index contributed by atoms with van der Waals surface area (Å²) in [5.74, 6) is 0. The van der Waals surface area contributed by atoms with Gasteiger partial charge in [-0.25, -0.2) is 10.4 Å². The molecule has 16 heavy (non-hydrogen) atoms. The van der Waals surface area contributed by atoms with Gasteiger partial charge in [-0.1, -0.05) is 11.6 Å². The Morgan fingerprint density at radius 2 is 2.19 bits per heavy atom. The van der Waals surface area contributed by atoms with E-state index in [9.17, 15) is 0 Å². The Kier molecular flexibility index (Phi) is 2.23. The van der Waals surface area contributed by atoms with Gasteiger partial charge in [0.15, 0.2) is 0 Å². The van der Waals surface area contributed by atoms with Crippen LogP contribution in [-0.2, 0) is 0 Å². The molecular formula is C11H9ClN4. The molecule has 3 heterocycles. The normalized spacial score (nSPS) is 14.9. The summed E-state index contributed by atoms with van der Waals surface area (Å²) < 4.78 is 0. The highest BCUT2D eigenvalue weighted by molar-refractivity contribution is 6.29. The lowest BCUT2D eigenvalue weighted by Gasteiger charge is -2.02. The van der Waals surface area contributed by atoms with Gasteiger partial charge in [0.2, 0.25) is 0 Å². The first-order chi connectivity index (χ1) is 7.83. The van der Waals surface area contributed by atoms with Gasteiger partial charge in [0.25, 0.3) is 0 Å². The van der Waals surface area contributed by atoms with Crippen LogP contribution in [-0.4, -0.2) is 16.5 Å². The van der Waals surface area contributed by atoms with Crippen molar-refractivity contribution in [2.24, 2.45) is 0 Å². The summed E-state index contributed by atoms with van der Waals surface area (Å²) in [6, 6.07) is 5.61. The summed E-state index contributed by atoms with van der Waals surface area (Å²) in [6.45, 7) is 0.785. The topological polar surface area (TPSA) is 49.8 Å². The van der Waals surface area contributed by atoms with E-state index in [0.717, 1.165) is 28.7 Å². The number of fused-ring (bicyclic) bond motifs is 1. The molecule has 0 amide bonds. The SMILES string of the molecule is Clc1ccc2ncc(C3=CNNC3)cc2n1. The summed E-state index contributed by atoms with van der Waals surface area (Å²) in [5, 5.41) is 0.489. The van der Waals surface area contributed by atoms with Gasteiger partial charge in [-0.05, 0) is 23.8 Å². The van der Waals surface area contributed by atoms with Crippen molar-refractivity contribution in [2.45, 2.75) is 0 Å². The third-order valence-electron chi connectivity index (χ3n) is 2.50. The number of nitrogens with zero attached hydrogens (tertiary/aromatic N) is 2. The number of hydrazine groups is 1. The van der Waals surface area contributed by atoms with Crippen LogP contribution >= 0.6 is 11.6 Å². The van der Waals surface area contributed by atoms with Crippen LogP contribution < -0.4 is 10.9 Å². The molecule has 0 bridgehead atoms. The fourth-order valence-electron chi connectivity index (χ4n) is 1.68. The Morgan fingerprint density at radius 3 is 3.00 bits per heavy atom. The Labute approximate surface area is 97.3 Å². The highest BCUT2D eigenvalue weighted by atomic mass is 35.5. The van der Waals surface area contributed by atoms with E-state index >= 15 is 0 Å². The third-order valence-corrected chi connectivity index (χ3v) is 2.71. The Balaban J connectivity index is 2.14. The molecule has 0 radical (unpaired) electrons. The molecule has 0 spiro atoms. The van der Waals surface area contributed by atoms with Crippen molar-refractivity contribution in [3.8, 4) is 0 Å². The van der Waals surface area contributed by atoms with Gasteiger partial charge in [0.1, 0.15) is 5.15 Å². The zero-order valence-electron chi connectivity index (χ0n) is 8.37. The van der Waals surface area contributed by atoms with Crippen LogP contribution in [0.4, 0.5) is 0 Å². The van der Waals surface area contributed by atoms with Crippen LogP contribution in [0.3, 0.4) is 0 Å². The maximum atomic E-state index is 5.85. The van der Waals surface area contributed by atoms with Gasteiger partial charge >= 0.3 is 0 Å². The van der Waals surface area contributed by atoms with E-state index < -0.39 is 0 Å². The largest absolute Gasteiger partial charge is 0.328 e. The molecule has 80 valence electrons. The Bertz CT molecular complexity index is 579.